The van der Waals surface area contributed by atoms with Crippen molar-refractivity contribution in [2.45, 2.75) is 17.1 Å². The SMILES string of the molecule is O=C(Nc1cnc(-c2cccc(O)c2)nc1)C1CCCN(S(=O)(=O)c2cccs2)C1. The summed E-state index contributed by atoms with van der Waals surface area (Å²) in [5.41, 5.74) is 1.09. The van der Waals surface area contributed by atoms with Crippen molar-refractivity contribution in [2.24, 2.45) is 5.92 Å². The van der Waals surface area contributed by atoms with Gasteiger partial charge in [-0.2, -0.15) is 4.31 Å². The number of sulfonamides is 1. The maximum Gasteiger partial charge on any atom is 0.252 e. The smallest absolute Gasteiger partial charge is 0.252 e. The maximum absolute atomic E-state index is 12.7. The monoisotopic (exact) mass is 444 g/mol. The van der Waals surface area contributed by atoms with E-state index in [-0.39, 0.29) is 18.2 Å². The van der Waals surface area contributed by atoms with Crippen molar-refractivity contribution < 1.29 is 18.3 Å². The van der Waals surface area contributed by atoms with Crippen LogP contribution < -0.4 is 5.32 Å². The van der Waals surface area contributed by atoms with Crippen molar-refractivity contribution in [3.8, 4) is 17.1 Å². The Hall–Kier alpha value is -2.82. The van der Waals surface area contributed by atoms with Gasteiger partial charge in [-0.1, -0.05) is 18.2 Å². The second-order valence-electron chi connectivity index (χ2n) is 6.97. The predicted molar refractivity (Wildman–Crippen MR) is 114 cm³/mol. The largest absolute Gasteiger partial charge is 0.508 e. The Morgan fingerprint density at radius 2 is 2.00 bits per heavy atom. The number of benzene rings is 1. The number of phenolic OH excluding ortho intramolecular Hbond substituents is 1. The number of nitrogens with zero attached hydrogens (tertiary/aromatic N) is 3. The molecular weight excluding hydrogens is 424 g/mol. The van der Waals surface area contributed by atoms with Gasteiger partial charge in [0.2, 0.25) is 5.91 Å². The minimum Gasteiger partial charge on any atom is -0.508 e. The molecule has 1 atom stereocenters. The molecule has 4 rings (SSSR count). The number of phenols is 1. The first-order chi connectivity index (χ1) is 14.4. The van der Waals surface area contributed by atoms with Gasteiger partial charge in [-0.3, -0.25) is 4.79 Å². The molecule has 1 amide bonds. The Bertz CT molecular complexity index is 1130. The zero-order valence-electron chi connectivity index (χ0n) is 15.9. The van der Waals surface area contributed by atoms with E-state index in [2.05, 4.69) is 15.3 Å². The molecule has 0 bridgehead atoms. The Balaban J connectivity index is 1.42. The van der Waals surface area contributed by atoms with E-state index in [1.54, 1.807) is 41.8 Å². The number of aromatic nitrogens is 2. The number of hydrogen-bond donors (Lipinski definition) is 2. The van der Waals surface area contributed by atoms with Crippen LogP contribution in [0.25, 0.3) is 11.4 Å². The van der Waals surface area contributed by atoms with Crippen LogP contribution >= 0.6 is 11.3 Å². The van der Waals surface area contributed by atoms with Crippen LogP contribution in [0.15, 0.2) is 58.4 Å². The molecule has 156 valence electrons. The van der Waals surface area contributed by atoms with Crippen LogP contribution in [0.2, 0.25) is 0 Å². The van der Waals surface area contributed by atoms with Crippen molar-refractivity contribution in [1.82, 2.24) is 14.3 Å². The number of amides is 1. The molecule has 3 aromatic rings. The molecule has 0 spiro atoms. The summed E-state index contributed by atoms with van der Waals surface area (Å²) in [7, 11) is -3.57. The number of aromatic hydroxyl groups is 1. The standard InChI is InChI=1S/C20H20N4O4S2/c25-17-6-1-4-14(10-17)19-21-11-16(12-22-19)23-20(26)15-5-2-8-24(13-15)30(27,28)18-7-3-9-29-18/h1,3-4,6-7,9-12,15,25H,2,5,8,13H2,(H,23,26). The molecule has 1 saturated heterocycles. The summed E-state index contributed by atoms with van der Waals surface area (Å²) in [6.45, 7) is 0.556. The normalized spacial score (nSPS) is 17.5. The number of hydrogen-bond acceptors (Lipinski definition) is 7. The first kappa shape index (κ1) is 20.5. The first-order valence-corrected chi connectivity index (χ1v) is 11.7. The fourth-order valence-corrected chi connectivity index (χ4v) is 6.01. The third kappa shape index (κ3) is 4.35. The highest BCUT2D eigenvalue weighted by Crippen LogP contribution is 2.27. The van der Waals surface area contributed by atoms with E-state index in [0.717, 1.165) is 0 Å². The van der Waals surface area contributed by atoms with Gasteiger partial charge in [-0.05, 0) is 36.4 Å². The molecule has 8 nitrogen and oxygen atoms in total. The number of carbonyl (C=O) groups excluding carboxylic acids is 1. The summed E-state index contributed by atoms with van der Waals surface area (Å²) >= 11 is 1.17. The van der Waals surface area contributed by atoms with Crippen molar-refractivity contribution in [3.05, 3.63) is 54.2 Å². The van der Waals surface area contributed by atoms with E-state index in [1.807, 2.05) is 0 Å². The molecule has 10 heteroatoms. The zero-order chi connectivity index (χ0) is 21.1. The van der Waals surface area contributed by atoms with Crippen LogP contribution in [-0.2, 0) is 14.8 Å². The van der Waals surface area contributed by atoms with Gasteiger partial charge < -0.3 is 10.4 Å². The average Bonchev–Trinajstić information content (AvgIpc) is 3.30. The summed E-state index contributed by atoms with van der Waals surface area (Å²) < 4.78 is 27.1. The topological polar surface area (TPSA) is 112 Å². The lowest BCUT2D eigenvalue weighted by atomic mass is 9.99. The Labute approximate surface area is 178 Å². The summed E-state index contributed by atoms with van der Waals surface area (Å²) in [4.78, 5) is 21.2. The summed E-state index contributed by atoms with van der Waals surface area (Å²) in [6, 6.07) is 9.87. The molecule has 2 N–H and O–H groups in total. The number of carbonyl (C=O) groups is 1. The zero-order valence-corrected chi connectivity index (χ0v) is 17.6. The fraction of sp³-hybridized carbons (Fsp3) is 0.250. The van der Waals surface area contributed by atoms with Crippen LogP contribution in [0, 0.1) is 5.92 Å². The van der Waals surface area contributed by atoms with Crippen molar-refractivity contribution in [3.63, 3.8) is 0 Å². The lowest BCUT2D eigenvalue weighted by Crippen LogP contribution is -2.43. The van der Waals surface area contributed by atoms with Crippen LogP contribution in [0.1, 0.15) is 12.8 Å². The van der Waals surface area contributed by atoms with Crippen molar-refractivity contribution in [1.29, 1.82) is 0 Å². The highest BCUT2D eigenvalue weighted by molar-refractivity contribution is 7.91. The van der Waals surface area contributed by atoms with Crippen molar-refractivity contribution in [2.75, 3.05) is 18.4 Å². The summed E-state index contributed by atoms with van der Waals surface area (Å²) in [5.74, 6) is -0.156. The van der Waals surface area contributed by atoms with E-state index in [1.165, 1.54) is 28.0 Å². The molecule has 3 heterocycles. The Morgan fingerprint density at radius 1 is 1.20 bits per heavy atom. The van der Waals surface area contributed by atoms with Gasteiger partial charge in [-0.15, -0.1) is 11.3 Å². The van der Waals surface area contributed by atoms with Gasteiger partial charge in [0, 0.05) is 18.7 Å². The van der Waals surface area contributed by atoms with Gasteiger partial charge in [0.1, 0.15) is 9.96 Å². The molecule has 1 aliphatic heterocycles. The molecule has 1 fully saturated rings. The number of thiophene rings is 1. The van der Waals surface area contributed by atoms with E-state index >= 15 is 0 Å². The van der Waals surface area contributed by atoms with Crippen LogP contribution in [0.5, 0.6) is 5.75 Å². The van der Waals surface area contributed by atoms with Crippen LogP contribution in [-0.4, -0.2) is 46.8 Å². The number of rotatable bonds is 5. The molecule has 0 radical (unpaired) electrons. The lowest BCUT2D eigenvalue weighted by molar-refractivity contribution is -0.120. The van der Waals surface area contributed by atoms with Crippen LogP contribution in [0.4, 0.5) is 5.69 Å². The second kappa shape index (κ2) is 8.50. The van der Waals surface area contributed by atoms with Gasteiger partial charge in [-0.25, -0.2) is 18.4 Å². The molecule has 1 unspecified atom stereocenters. The fourth-order valence-electron chi connectivity index (χ4n) is 3.34. The molecular formula is C20H20N4O4S2. The maximum atomic E-state index is 12.7. The Morgan fingerprint density at radius 3 is 2.70 bits per heavy atom. The van der Waals surface area contributed by atoms with E-state index < -0.39 is 15.9 Å². The third-order valence-corrected chi connectivity index (χ3v) is 8.11. The minimum atomic E-state index is -3.57. The molecule has 1 aliphatic rings. The van der Waals surface area contributed by atoms with E-state index in [0.29, 0.717) is 40.7 Å². The Kier molecular flexibility index (Phi) is 5.80. The average molecular weight is 445 g/mol. The third-order valence-electron chi connectivity index (χ3n) is 4.87. The summed E-state index contributed by atoms with van der Waals surface area (Å²) in [5, 5.41) is 14.1. The number of anilines is 1. The quantitative estimate of drug-likeness (QED) is 0.626. The van der Waals surface area contributed by atoms with Gasteiger partial charge in [0.15, 0.2) is 5.82 Å². The van der Waals surface area contributed by atoms with Gasteiger partial charge >= 0.3 is 0 Å². The first-order valence-electron chi connectivity index (χ1n) is 9.39. The molecule has 0 aliphatic carbocycles. The van der Waals surface area contributed by atoms with Gasteiger partial charge in [0.25, 0.3) is 10.0 Å². The van der Waals surface area contributed by atoms with Crippen LogP contribution in [0.3, 0.4) is 0 Å². The second-order valence-corrected chi connectivity index (χ2v) is 10.1. The van der Waals surface area contributed by atoms with Crippen molar-refractivity contribution >= 4 is 33.0 Å². The van der Waals surface area contributed by atoms with E-state index in [9.17, 15) is 18.3 Å². The number of piperidine rings is 1. The highest BCUT2D eigenvalue weighted by Gasteiger charge is 2.33. The molecule has 2 aromatic heterocycles. The molecule has 0 saturated carbocycles. The summed E-state index contributed by atoms with van der Waals surface area (Å²) in [6.07, 6.45) is 4.22. The predicted octanol–water partition coefficient (Wildman–Crippen LogP) is 2.95. The number of nitrogens with one attached hydrogen (secondary N) is 1. The highest BCUT2D eigenvalue weighted by atomic mass is 32.2. The molecule has 1 aromatic carbocycles. The molecule has 30 heavy (non-hydrogen) atoms. The minimum absolute atomic E-state index is 0.118. The van der Waals surface area contributed by atoms with Gasteiger partial charge in [0.05, 0.1) is 24.0 Å². The lowest BCUT2D eigenvalue weighted by Gasteiger charge is -2.30. The van der Waals surface area contributed by atoms with E-state index in [4.69, 9.17) is 0 Å².